The van der Waals surface area contributed by atoms with E-state index in [2.05, 4.69) is 55.7 Å². The number of amides is 1. The first kappa shape index (κ1) is 23.8. The monoisotopic (exact) mass is 471 g/mol. The standard InChI is InChI=1S/C26H29N7O2/c1-5-25(34)30-21-14-22(24(35-4)15-20(21)28-13-12-27-2)32-26-29-11-10-19(31-26)18-16-33(3)23-9-7-6-8-17(18)23/h5-11,14-16,27-28H,1,12-13H2,2-4H3,(H,30,34)(H,29,31,32). The van der Waals surface area contributed by atoms with Gasteiger partial charge < -0.3 is 30.6 Å². The minimum absolute atomic E-state index is 0.313. The highest BCUT2D eigenvalue weighted by atomic mass is 16.5. The summed E-state index contributed by atoms with van der Waals surface area (Å²) in [7, 11) is 5.48. The number of hydrogen-bond donors (Lipinski definition) is 4. The average Bonchev–Trinajstić information content (AvgIpc) is 3.22. The van der Waals surface area contributed by atoms with Crippen molar-refractivity contribution in [3.05, 3.63) is 67.5 Å². The number of carbonyl (C=O) groups is 1. The number of para-hydroxylation sites is 1. The molecule has 0 unspecified atom stereocenters. The molecule has 0 aliphatic heterocycles. The second-order valence-electron chi connectivity index (χ2n) is 7.88. The van der Waals surface area contributed by atoms with Gasteiger partial charge in [-0.1, -0.05) is 24.8 Å². The van der Waals surface area contributed by atoms with Crippen LogP contribution in [-0.4, -0.2) is 47.7 Å². The fourth-order valence-electron chi connectivity index (χ4n) is 3.84. The Morgan fingerprint density at radius 1 is 1.14 bits per heavy atom. The van der Waals surface area contributed by atoms with Crippen molar-refractivity contribution in [3.63, 3.8) is 0 Å². The molecule has 180 valence electrons. The van der Waals surface area contributed by atoms with Crippen molar-refractivity contribution in [3.8, 4) is 17.0 Å². The largest absolute Gasteiger partial charge is 0.494 e. The minimum Gasteiger partial charge on any atom is -0.494 e. The summed E-state index contributed by atoms with van der Waals surface area (Å²) in [5, 5.41) is 13.6. The topological polar surface area (TPSA) is 105 Å². The fraction of sp³-hybridized carbons (Fsp3) is 0.192. The lowest BCUT2D eigenvalue weighted by Gasteiger charge is -2.18. The molecule has 9 heteroatoms. The predicted molar refractivity (Wildman–Crippen MR) is 141 cm³/mol. The first-order chi connectivity index (χ1) is 17.0. The molecule has 0 bridgehead atoms. The summed E-state index contributed by atoms with van der Waals surface area (Å²) in [6.45, 7) is 4.97. The zero-order chi connectivity index (χ0) is 24.8. The van der Waals surface area contributed by atoms with Crippen molar-refractivity contribution in [1.29, 1.82) is 0 Å². The third kappa shape index (κ3) is 5.25. The number of nitrogens with one attached hydrogen (secondary N) is 4. The summed E-state index contributed by atoms with van der Waals surface area (Å²) in [4.78, 5) is 21.2. The molecule has 9 nitrogen and oxygen atoms in total. The minimum atomic E-state index is -0.313. The SMILES string of the molecule is C=CC(=O)Nc1cc(Nc2nccc(-c3cn(C)c4ccccc34)n2)c(OC)cc1NCCNC. The van der Waals surface area contributed by atoms with Gasteiger partial charge in [0.1, 0.15) is 5.75 Å². The third-order valence-electron chi connectivity index (χ3n) is 5.55. The van der Waals surface area contributed by atoms with E-state index in [1.807, 2.05) is 38.4 Å². The zero-order valence-electron chi connectivity index (χ0n) is 20.1. The highest BCUT2D eigenvalue weighted by molar-refractivity contribution is 6.02. The number of hydrogen-bond acceptors (Lipinski definition) is 7. The Morgan fingerprint density at radius 3 is 2.74 bits per heavy atom. The smallest absolute Gasteiger partial charge is 0.247 e. The molecule has 0 aliphatic carbocycles. The summed E-state index contributed by atoms with van der Waals surface area (Å²) >= 11 is 0. The van der Waals surface area contributed by atoms with Gasteiger partial charge in [-0.15, -0.1) is 0 Å². The number of aromatic nitrogens is 3. The molecule has 4 rings (SSSR count). The van der Waals surface area contributed by atoms with Gasteiger partial charge in [0.05, 0.1) is 29.9 Å². The van der Waals surface area contributed by atoms with Gasteiger partial charge in [-0.25, -0.2) is 9.97 Å². The molecule has 35 heavy (non-hydrogen) atoms. The molecule has 0 saturated carbocycles. The van der Waals surface area contributed by atoms with Crippen LogP contribution >= 0.6 is 0 Å². The maximum absolute atomic E-state index is 12.1. The third-order valence-corrected chi connectivity index (χ3v) is 5.55. The van der Waals surface area contributed by atoms with Gasteiger partial charge in [-0.3, -0.25) is 4.79 Å². The Bertz CT molecular complexity index is 1360. The molecule has 0 aliphatic rings. The van der Waals surface area contributed by atoms with Crippen molar-refractivity contribution in [2.75, 3.05) is 43.2 Å². The van der Waals surface area contributed by atoms with Crippen molar-refractivity contribution in [2.24, 2.45) is 7.05 Å². The molecule has 2 heterocycles. The summed E-state index contributed by atoms with van der Waals surface area (Å²) in [5.74, 6) is 0.672. The van der Waals surface area contributed by atoms with E-state index in [0.717, 1.165) is 34.4 Å². The van der Waals surface area contributed by atoms with Gasteiger partial charge >= 0.3 is 0 Å². The van der Waals surface area contributed by atoms with Gasteiger partial charge in [0.2, 0.25) is 11.9 Å². The number of nitrogens with zero attached hydrogens (tertiary/aromatic N) is 3. The molecular formula is C26H29N7O2. The molecule has 0 spiro atoms. The van der Waals surface area contributed by atoms with E-state index in [4.69, 9.17) is 9.72 Å². The van der Waals surface area contributed by atoms with E-state index in [0.29, 0.717) is 29.6 Å². The maximum Gasteiger partial charge on any atom is 0.247 e. The predicted octanol–water partition coefficient (Wildman–Crippen LogP) is 4.14. The Hall–Kier alpha value is -4.37. The van der Waals surface area contributed by atoms with E-state index in [1.54, 1.807) is 19.4 Å². The van der Waals surface area contributed by atoms with Crippen LogP contribution in [0.1, 0.15) is 0 Å². The van der Waals surface area contributed by atoms with Crippen molar-refractivity contribution < 1.29 is 9.53 Å². The number of anilines is 4. The number of fused-ring (bicyclic) bond motifs is 1. The molecule has 0 atom stereocenters. The van der Waals surface area contributed by atoms with Crippen LogP contribution in [0.25, 0.3) is 22.2 Å². The normalized spacial score (nSPS) is 10.7. The number of benzene rings is 2. The van der Waals surface area contributed by atoms with Gasteiger partial charge in [0, 0.05) is 55.1 Å². The second kappa shape index (κ2) is 10.7. The lowest BCUT2D eigenvalue weighted by molar-refractivity contribution is -0.111. The van der Waals surface area contributed by atoms with E-state index >= 15 is 0 Å². The first-order valence-electron chi connectivity index (χ1n) is 11.2. The molecule has 2 aromatic heterocycles. The Balaban J connectivity index is 1.69. The van der Waals surface area contributed by atoms with E-state index in [-0.39, 0.29) is 5.91 Å². The van der Waals surface area contributed by atoms with E-state index in [9.17, 15) is 4.79 Å². The van der Waals surface area contributed by atoms with Gasteiger partial charge in [-0.2, -0.15) is 0 Å². The molecular weight excluding hydrogens is 442 g/mol. The molecule has 0 radical (unpaired) electrons. The average molecular weight is 472 g/mol. The van der Waals surface area contributed by atoms with Gasteiger partial charge in [0.15, 0.2) is 0 Å². The maximum atomic E-state index is 12.1. The van der Waals surface area contributed by atoms with Crippen LogP contribution in [0.5, 0.6) is 5.75 Å². The Kier molecular flexibility index (Phi) is 7.27. The van der Waals surface area contributed by atoms with Crippen LogP contribution < -0.4 is 26.0 Å². The van der Waals surface area contributed by atoms with Crippen molar-refractivity contribution in [1.82, 2.24) is 19.9 Å². The van der Waals surface area contributed by atoms with Gasteiger partial charge in [0.25, 0.3) is 0 Å². The summed E-state index contributed by atoms with van der Waals surface area (Å²) in [6.07, 6.45) is 5.00. The lowest BCUT2D eigenvalue weighted by Crippen LogP contribution is -2.19. The Labute approximate surface area is 204 Å². The Morgan fingerprint density at radius 2 is 1.97 bits per heavy atom. The fourth-order valence-corrected chi connectivity index (χ4v) is 3.84. The number of ether oxygens (including phenoxy) is 1. The summed E-state index contributed by atoms with van der Waals surface area (Å²) in [6, 6.07) is 13.7. The molecule has 4 N–H and O–H groups in total. The highest BCUT2D eigenvalue weighted by Gasteiger charge is 2.15. The van der Waals surface area contributed by atoms with E-state index < -0.39 is 0 Å². The highest BCUT2D eigenvalue weighted by Crippen LogP contribution is 2.37. The zero-order valence-corrected chi connectivity index (χ0v) is 20.1. The quantitative estimate of drug-likeness (QED) is 0.203. The molecule has 2 aromatic carbocycles. The van der Waals surface area contributed by atoms with E-state index in [1.165, 1.54) is 6.08 Å². The molecule has 0 saturated heterocycles. The van der Waals surface area contributed by atoms with Crippen LogP contribution in [0.4, 0.5) is 23.0 Å². The van der Waals surface area contributed by atoms with Gasteiger partial charge in [-0.05, 0) is 31.3 Å². The van der Waals surface area contributed by atoms with Crippen LogP contribution in [0.3, 0.4) is 0 Å². The van der Waals surface area contributed by atoms with Crippen molar-refractivity contribution >= 4 is 39.8 Å². The molecule has 4 aromatic rings. The number of rotatable bonds is 10. The summed E-state index contributed by atoms with van der Waals surface area (Å²) < 4.78 is 7.70. The summed E-state index contributed by atoms with van der Waals surface area (Å²) in [5.41, 5.74) is 4.86. The van der Waals surface area contributed by atoms with Crippen LogP contribution in [0.15, 0.2) is 67.5 Å². The molecule has 1 amide bonds. The van der Waals surface area contributed by atoms with Crippen LogP contribution in [0, 0.1) is 0 Å². The first-order valence-corrected chi connectivity index (χ1v) is 11.2. The van der Waals surface area contributed by atoms with Crippen LogP contribution in [0.2, 0.25) is 0 Å². The number of aryl methyl sites for hydroxylation is 1. The number of carbonyl (C=O) groups excluding carboxylic acids is 1. The van der Waals surface area contributed by atoms with Crippen molar-refractivity contribution in [2.45, 2.75) is 0 Å². The molecule has 0 fully saturated rings. The number of likely N-dealkylation sites (N-methyl/N-ethyl adjacent to an activating group) is 1. The van der Waals surface area contributed by atoms with Crippen LogP contribution in [-0.2, 0) is 11.8 Å². The second-order valence-corrected chi connectivity index (χ2v) is 7.88. The lowest BCUT2D eigenvalue weighted by atomic mass is 10.1. The number of methoxy groups -OCH3 is 1.